The summed E-state index contributed by atoms with van der Waals surface area (Å²) in [6.45, 7) is 0. The van der Waals surface area contributed by atoms with E-state index >= 15 is 0 Å². The molecule has 8 heteroatoms. The molecule has 0 atom stereocenters. The summed E-state index contributed by atoms with van der Waals surface area (Å²) in [5, 5.41) is 0. The Balaban J connectivity index is -0.0000000267. The van der Waals surface area contributed by atoms with Crippen LogP contribution in [0, 0.1) is 0 Å². The fraction of sp³-hybridized carbons (Fsp3) is 0. The predicted octanol–water partition coefficient (Wildman–Crippen LogP) is 1.17. The summed E-state index contributed by atoms with van der Waals surface area (Å²) in [4.78, 5) is 0. The van der Waals surface area contributed by atoms with Crippen LogP contribution in [-0.4, -0.2) is 64.6 Å². The Bertz CT molecular complexity index is 29.5. The van der Waals surface area contributed by atoms with Gasteiger partial charge >= 0.3 is 49.6 Å². The predicted molar refractivity (Wildman–Crippen MR) is 38.5 cm³/mol. The molecule has 0 aromatic carbocycles. The molecule has 0 spiro atoms. The Hall–Kier alpha value is 3.81. The quantitative estimate of drug-likeness (QED) is 0.547. The summed E-state index contributed by atoms with van der Waals surface area (Å²) in [6.07, 6.45) is 0. The van der Waals surface area contributed by atoms with Crippen molar-refractivity contribution < 1.29 is 17.4 Å². The molecule has 1 nitrogen and oxygen atoms in total. The maximum absolute atomic E-state index is 5.01. The van der Waals surface area contributed by atoms with E-state index in [1.165, 1.54) is 0 Å². The summed E-state index contributed by atoms with van der Waals surface area (Å²) in [5.74, 6) is 0. The molecule has 0 aromatic heterocycles. The third-order valence-electron chi connectivity index (χ3n) is 0. The molecule has 0 heterocycles. The van der Waals surface area contributed by atoms with Gasteiger partial charge in [-0.05, 0) is 0 Å². The van der Waals surface area contributed by atoms with Crippen molar-refractivity contribution in [1.82, 2.24) is 0 Å². The Morgan fingerprint density at radius 3 is 0.750 bits per heavy atom. The fourth-order valence-electron chi connectivity index (χ4n) is 0. The topological polar surface area (TPSA) is 31.5 Å². The van der Waals surface area contributed by atoms with Gasteiger partial charge in [0.25, 0.3) is 0 Å². The van der Waals surface area contributed by atoms with E-state index < -0.39 is 11.9 Å². The SMILES string of the molecule is O.[Cl][Pt]([Cl])([Cl])[Cl].[Na].[Na]. The van der Waals surface area contributed by atoms with Crippen molar-refractivity contribution in [1.29, 1.82) is 0 Å². The van der Waals surface area contributed by atoms with E-state index in [2.05, 4.69) is 0 Å². The molecule has 0 saturated carbocycles. The van der Waals surface area contributed by atoms with Crippen molar-refractivity contribution in [2.24, 2.45) is 0 Å². The monoisotopic (exact) mass is 399 g/mol. The summed E-state index contributed by atoms with van der Waals surface area (Å²) in [6, 6.07) is 0. The molecule has 0 unspecified atom stereocenters. The van der Waals surface area contributed by atoms with Gasteiger partial charge in [-0.15, -0.1) is 0 Å². The standard InChI is InChI=1S/4ClH.2Na.H2O.Pt/h4*1H;;;1H2;/q;;;;;;;+4/p-4. The van der Waals surface area contributed by atoms with E-state index in [9.17, 15) is 0 Å². The fourth-order valence-corrected chi connectivity index (χ4v) is 0. The van der Waals surface area contributed by atoms with Crippen LogP contribution < -0.4 is 0 Å². The minimum atomic E-state index is -3.06. The van der Waals surface area contributed by atoms with Crippen LogP contribution in [0.25, 0.3) is 0 Å². The molecule has 0 rings (SSSR count). The molecule has 2 radical (unpaired) electrons. The third-order valence-corrected chi connectivity index (χ3v) is 0. The van der Waals surface area contributed by atoms with Gasteiger partial charge in [0.2, 0.25) is 0 Å². The Kier molecular flexibility index (Phi) is 30.6. The second-order valence-corrected chi connectivity index (χ2v) is 20.0. The zero-order valence-corrected chi connectivity index (χ0v) is 13.6. The normalized spacial score (nSPS) is 9.50. The van der Waals surface area contributed by atoms with Crippen molar-refractivity contribution in [2.75, 3.05) is 0 Å². The number of hydrogen-bond donors (Lipinski definition) is 0. The van der Waals surface area contributed by atoms with Crippen LogP contribution in [0.2, 0.25) is 0 Å². The first-order valence-electron chi connectivity index (χ1n) is 0.478. The molecule has 0 bridgehead atoms. The van der Waals surface area contributed by atoms with Crippen LogP contribution in [0.3, 0.4) is 0 Å². The molecule has 0 aliphatic heterocycles. The Morgan fingerprint density at radius 2 is 0.750 bits per heavy atom. The number of halogens is 4. The van der Waals surface area contributed by atoms with Crippen molar-refractivity contribution in [2.45, 2.75) is 0 Å². The van der Waals surface area contributed by atoms with Gasteiger partial charge in [-0.25, -0.2) is 0 Å². The van der Waals surface area contributed by atoms with Crippen LogP contribution >= 0.6 is 37.7 Å². The zero-order valence-electron chi connectivity index (χ0n) is 4.33. The zero-order chi connectivity index (χ0) is 4.50. The number of hydrogen-bond acceptors (Lipinski definition) is 0. The molecule has 0 aliphatic carbocycles. The van der Waals surface area contributed by atoms with E-state index in [4.69, 9.17) is 37.7 Å². The Labute approximate surface area is 112 Å². The largest absolute Gasteiger partial charge is 0 e. The van der Waals surface area contributed by atoms with Crippen molar-refractivity contribution in [3.63, 3.8) is 0 Å². The van der Waals surface area contributed by atoms with Crippen molar-refractivity contribution >= 4 is 96.8 Å². The summed E-state index contributed by atoms with van der Waals surface area (Å²) in [5.41, 5.74) is 0. The first-order valence-corrected chi connectivity index (χ1v) is 11.7. The molecular formula is H2Cl4Na2OPt. The first-order chi connectivity index (χ1) is 2.00. The molecule has 0 saturated heterocycles. The third kappa shape index (κ3) is 52.5. The minimum Gasteiger partial charge on any atom is 0 e. The van der Waals surface area contributed by atoms with E-state index in [0.29, 0.717) is 0 Å². The van der Waals surface area contributed by atoms with E-state index in [1.807, 2.05) is 0 Å². The van der Waals surface area contributed by atoms with Gasteiger partial charge in [0, 0.05) is 59.1 Å². The summed E-state index contributed by atoms with van der Waals surface area (Å²) in [7, 11) is 20.0. The molecule has 0 aliphatic rings. The van der Waals surface area contributed by atoms with E-state index in [1.54, 1.807) is 0 Å². The van der Waals surface area contributed by atoms with Crippen LogP contribution in [0.15, 0.2) is 0 Å². The second kappa shape index (κ2) is 10.8. The van der Waals surface area contributed by atoms with Crippen LogP contribution in [0.4, 0.5) is 0 Å². The van der Waals surface area contributed by atoms with Crippen LogP contribution in [0.5, 0.6) is 0 Å². The number of rotatable bonds is 0. The van der Waals surface area contributed by atoms with E-state index in [0.717, 1.165) is 0 Å². The van der Waals surface area contributed by atoms with Crippen molar-refractivity contribution in [3.05, 3.63) is 0 Å². The molecule has 0 aromatic rings. The van der Waals surface area contributed by atoms with Gasteiger partial charge in [0.05, 0.1) is 0 Å². The molecule has 0 fully saturated rings. The van der Waals surface area contributed by atoms with Gasteiger partial charge in [-0.1, -0.05) is 0 Å². The van der Waals surface area contributed by atoms with Gasteiger partial charge in [0.1, 0.15) is 0 Å². The minimum absolute atomic E-state index is 0. The van der Waals surface area contributed by atoms with Crippen LogP contribution in [0.1, 0.15) is 0 Å². The van der Waals surface area contributed by atoms with Gasteiger partial charge in [-0.3, -0.25) is 0 Å². The van der Waals surface area contributed by atoms with Gasteiger partial charge < -0.3 is 5.48 Å². The maximum atomic E-state index is 5.01. The maximum Gasteiger partial charge on any atom is 0 e. The second-order valence-electron chi connectivity index (χ2n) is 0.271. The van der Waals surface area contributed by atoms with Crippen LogP contribution in [-0.2, 0) is 11.9 Å². The molecule has 2 N–H and O–H groups in total. The average Bonchev–Trinajstić information content (AvgIpc) is 0.722. The molecular weight excluding hydrogens is 399 g/mol. The summed E-state index contributed by atoms with van der Waals surface area (Å²) < 4.78 is 0. The van der Waals surface area contributed by atoms with E-state index in [-0.39, 0.29) is 64.6 Å². The first kappa shape index (κ1) is 22.6. The smallest absolute Gasteiger partial charge is 0 e. The molecule has 8 heavy (non-hydrogen) atoms. The van der Waals surface area contributed by atoms with Crippen molar-refractivity contribution in [3.8, 4) is 0 Å². The van der Waals surface area contributed by atoms with Gasteiger partial charge in [0.15, 0.2) is 0 Å². The molecule has 48 valence electrons. The van der Waals surface area contributed by atoms with Gasteiger partial charge in [-0.2, -0.15) is 0 Å². The Morgan fingerprint density at radius 1 is 0.750 bits per heavy atom. The summed E-state index contributed by atoms with van der Waals surface area (Å²) >= 11 is -3.06. The molecule has 0 amide bonds. The average molecular weight is 401 g/mol.